The van der Waals surface area contributed by atoms with Gasteiger partial charge in [-0.05, 0) is 6.92 Å². The van der Waals surface area contributed by atoms with Crippen LogP contribution in [0.5, 0.6) is 0 Å². The van der Waals surface area contributed by atoms with Crippen LogP contribution in [0.3, 0.4) is 0 Å². The smallest absolute Gasteiger partial charge is 0.347 e. The Labute approximate surface area is 100 Å². The van der Waals surface area contributed by atoms with Crippen molar-refractivity contribution in [2.24, 2.45) is 0 Å². The van der Waals surface area contributed by atoms with Gasteiger partial charge in [0.1, 0.15) is 16.0 Å². The molecule has 7 nitrogen and oxygen atoms in total. The van der Waals surface area contributed by atoms with Crippen LogP contribution in [-0.2, 0) is 9.53 Å². The number of esters is 1. The average molecular weight is 261 g/mol. The molecule has 0 saturated heterocycles. The lowest BCUT2D eigenvalue weighted by Gasteiger charge is -2.13. The van der Waals surface area contributed by atoms with Gasteiger partial charge in [0.25, 0.3) is 0 Å². The third kappa shape index (κ3) is 3.22. The molecule has 17 heavy (non-hydrogen) atoms. The fourth-order valence-corrected chi connectivity index (χ4v) is 1.79. The minimum atomic E-state index is -1.78. The van der Waals surface area contributed by atoms with E-state index < -0.39 is 24.1 Å². The first-order valence-electron chi connectivity index (χ1n) is 4.69. The predicted octanol–water partition coefficient (Wildman–Crippen LogP) is -0.201. The normalized spacial score (nSPS) is 14.1. The fourth-order valence-electron chi connectivity index (χ4n) is 1.01. The minimum absolute atomic E-state index is 0.0528. The van der Waals surface area contributed by atoms with E-state index in [0.29, 0.717) is 11.3 Å². The number of aromatic carboxylic acids is 1. The SMILES string of the molecule is CCOC(=O)C(O)C(O)c1ncc(C(=O)O)s1. The summed E-state index contributed by atoms with van der Waals surface area (Å²) in [6, 6.07) is 0. The molecular weight excluding hydrogens is 250 g/mol. The quantitative estimate of drug-likeness (QED) is 0.628. The number of carbonyl (C=O) groups is 2. The van der Waals surface area contributed by atoms with Crippen LogP contribution in [-0.4, -0.2) is 45.0 Å². The molecular formula is C9H11NO6S. The van der Waals surface area contributed by atoms with E-state index in [9.17, 15) is 19.8 Å². The molecule has 1 aromatic rings. The summed E-state index contributed by atoms with van der Waals surface area (Å²) in [6.45, 7) is 1.63. The number of ether oxygens (including phenoxy) is 1. The summed E-state index contributed by atoms with van der Waals surface area (Å²) in [5.41, 5.74) is 0. The van der Waals surface area contributed by atoms with Crippen LogP contribution in [0.15, 0.2) is 6.20 Å². The van der Waals surface area contributed by atoms with Gasteiger partial charge >= 0.3 is 11.9 Å². The molecule has 1 aromatic heterocycles. The molecule has 0 saturated carbocycles. The molecule has 1 heterocycles. The van der Waals surface area contributed by atoms with Gasteiger partial charge in [0.2, 0.25) is 0 Å². The summed E-state index contributed by atoms with van der Waals surface area (Å²) in [5, 5.41) is 27.6. The van der Waals surface area contributed by atoms with Crippen LogP contribution < -0.4 is 0 Å². The number of nitrogens with zero attached hydrogens (tertiary/aromatic N) is 1. The summed E-state index contributed by atoms with van der Waals surface area (Å²) >= 11 is 0.684. The summed E-state index contributed by atoms with van der Waals surface area (Å²) in [5.74, 6) is -2.17. The van der Waals surface area contributed by atoms with Crippen molar-refractivity contribution < 1.29 is 29.6 Å². The summed E-state index contributed by atoms with van der Waals surface area (Å²) in [7, 11) is 0. The topological polar surface area (TPSA) is 117 Å². The first-order valence-corrected chi connectivity index (χ1v) is 5.50. The zero-order valence-corrected chi connectivity index (χ0v) is 9.68. The average Bonchev–Trinajstić information content (AvgIpc) is 2.76. The predicted molar refractivity (Wildman–Crippen MR) is 56.7 cm³/mol. The van der Waals surface area contributed by atoms with Gasteiger partial charge in [0, 0.05) is 0 Å². The largest absolute Gasteiger partial charge is 0.477 e. The highest BCUT2D eigenvalue weighted by Gasteiger charge is 2.29. The molecule has 0 amide bonds. The molecule has 8 heteroatoms. The number of carbonyl (C=O) groups excluding carboxylic acids is 1. The number of thiazole rings is 1. The summed E-state index contributed by atoms with van der Waals surface area (Å²) in [4.78, 5) is 25.2. The highest BCUT2D eigenvalue weighted by Crippen LogP contribution is 2.23. The molecule has 0 aliphatic carbocycles. The Morgan fingerprint density at radius 2 is 2.18 bits per heavy atom. The second-order valence-corrected chi connectivity index (χ2v) is 4.07. The second-order valence-electron chi connectivity index (χ2n) is 3.01. The van der Waals surface area contributed by atoms with Gasteiger partial charge in [-0.25, -0.2) is 14.6 Å². The van der Waals surface area contributed by atoms with Gasteiger partial charge < -0.3 is 20.1 Å². The second kappa shape index (κ2) is 5.71. The van der Waals surface area contributed by atoms with Crippen LogP contribution in [0, 0.1) is 0 Å². The van der Waals surface area contributed by atoms with Crippen LogP contribution in [0.1, 0.15) is 27.7 Å². The molecule has 0 radical (unpaired) electrons. The van der Waals surface area contributed by atoms with Crippen molar-refractivity contribution in [3.63, 3.8) is 0 Å². The number of hydrogen-bond acceptors (Lipinski definition) is 7. The maximum absolute atomic E-state index is 11.1. The molecule has 0 fully saturated rings. The van der Waals surface area contributed by atoms with Crippen LogP contribution in [0.4, 0.5) is 0 Å². The number of carboxylic acid groups (broad SMARTS) is 1. The third-order valence-electron chi connectivity index (χ3n) is 1.81. The lowest BCUT2D eigenvalue weighted by Crippen LogP contribution is -2.29. The molecule has 0 bridgehead atoms. The van der Waals surface area contributed by atoms with E-state index in [0.717, 1.165) is 6.20 Å². The van der Waals surface area contributed by atoms with Crippen LogP contribution >= 0.6 is 11.3 Å². The molecule has 3 N–H and O–H groups in total. The summed E-state index contributed by atoms with van der Waals surface area (Å²) in [6.07, 6.45) is -2.32. The van der Waals surface area contributed by atoms with E-state index in [4.69, 9.17) is 5.11 Å². The Morgan fingerprint density at radius 1 is 1.53 bits per heavy atom. The number of hydrogen-bond donors (Lipinski definition) is 3. The lowest BCUT2D eigenvalue weighted by molar-refractivity contribution is -0.159. The number of carboxylic acids is 1. The van der Waals surface area contributed by atoms with E-state index in [1.807, 2.05) is 0 Å². The van der Waals surface area contributed by atoms with Crippen molar-refractivity contribution >= 4 is 23.3 Å². The third-order valence-corrected chi connectivity index (χ3v) is 2.87. The maximum atomic E-state index is 11.1. The standard InChI is InChI=1S/C9H11NO6S/c1-2-16-9(15)6(12)5(11)7-10-3-4(17-7)8(13)14/h3,5-6,11-12H,2H2,1H3,(H,13,14). The van der Waals surface area contributed by atoms with Gasteiger partial charge in [0.15, 0.2) is 6.10 Å². The van der Waals surface area contributed by atoms with Gasteiger partial charge in [-0.2, -0.15) is 0 Å². The molecule has 0 aliphatic heterocycles. The molecule has 0 spiro atoms. The maximum Gasteiger partial charge on any atom is 0.347 e. The van der Waals surface area contributed by atoms with Gasteiger partial charge in [-0.3, -0.25) is 0 Å². The lowest BCUT2D eigenvalue weighted by atomic mass is 10.2. The van der Waals surface area contributed by atoms with Gasteiger partial charge in [-0.15, -0.1) is 11.3 Å². The molecule has 94 valence electrons. The Morgan fingerprint density at radius 3 is 2.65 bits per heavy atom. The van der Waals surface area contributed by atoms with E-state index in [1.54, 1.807) is 6.92 Å². The Bertz CT molecular complexity index is 417. The molecule has 2 unspecified atom stereocenters. The summed E-state index contributed by atoms with van der Waals surface area (Å²) < 4.78 is 4.51. The highest BCUT2D eigenvalue weighted by molar-refractivity contribution is 7.13. The van der Waals surface area contributed by atoms with Crippen LogP contribution in [0.25, 0.3) is 0 Å². The Balaban J connectivity index is 2.77. The van der Waals surface area contributed by atoms with Crippen molar-refractivity contribution in [2.75, 3.05) is 6.61 Å². The van der Waals surface area contributed by atoms with E-state index >= 15 is 0 Å². The van der Waals surface area contributed by atoms with Crippen molar-refractivity contribution in [3.8, 4) is 0 Å². The van der Waals surface area contributed by atoms with Gasteiger partial charge in [0.05, 0.1) is 12.8 Å². The molecule has 0 aromatic carbocycles. The van der Waals surface area contributed by atoms with E-state index in [1.165, 1.54) is 0 Å². The molecule has 0 aliphatic rings. The van der Waals surface area contributed by atoms with E-state index in [2.05, 4.69) is 9.72 Å². The van der Waals surface area contributed by atoms with Crippen molar-refractivity contribution in [1.29, 1.82) is 0 Å². The van der Waals surface area contributed by atoms with Crippen molar-refractivity contribution in [1.82, 2.24) is 4.98 Å². The number of aromatic nitrogens is 1. The Hall–Kier alpha value is -1.51. The highest BCUT2D eigenvalue weighted by atomic mass is 32.1. The van der Waals surface area contributed by atoms with Gasteiger partial charge in [-0.1, -0.05) is 0 Å². The monoisotopic (exact) mass is 261 g/mol. The molecule has 1 rings (SSSR count). The molecule has 2 atom stereocenters. The first kappa shape index (κ1) is 13.6. The van der Waals surface area contributed by atoms with Crippen molar-refractivity contribution in [2.45, 2.75) is 19.1 Å². The van der Waals surface area contributed by atoms with Crippen molar-refractivity contribution in [3.05, 3.63) is 16.1 Å². The number of aliphatic hydroxyl groups excluding tert-OH is 2. The van der Waals surface area contributed by atoms with Crippen LogP contribution in [0.2, 0.25) is 0 Å². The van der Waals surface area contributed by atoms with E-state index in [-0.39, 0.29) is 16.5 Å². The number of rotatable bonds is 5. The zero-order chi connectivity index (χ0) is 13.0. The first-order chi connectivity index (χ1) is 7.97. The number of aliphatic hydroxyl groups is 2. The zero-order valence-electron chi connectivity index (χ0n) is 8.86. The minimum Gasteiger partial charge on any atom is -0.477 e. The fraction of sp³-hybridized carbons (Fsp3) is 0.444. The Kier molecular flexibility index (Phi) is 4.55.